The maximum Gasteiger partial charge on any atom is 0.266 e. The van der Waals surface area contributed by atoms with Crippen LogP contribution in [0.25, 0.3) is 28.7 Å². The molecule has 0 saturated carbocycles. The minimum Gasteiger partial charge on any atom is -0.268 e. The predicted octanol–water partition coefficient (Wildman–Crippen LogP) is 5.31. The second kappa shape index (κ2) is 7.24. The average Bonchev–Trinajstić information content (AvgIpc) is 2.70. The monoisotopic (exact) mass is 370 g/mol. The van der Waals surface area contributed by atoms with Gasteiger partial charge in [-0.1, -0.05) is 36.4 Å². The molecule has 0 aliphatic heterocycles. The number of benzene rings is 3. The van der Waals surface area contributed by atoms with Crippen LogP contribution < -0.4 is 5.56 Å². The van der Waals surface area contributed by atoms with Gasteiger partial charge in [-0.05, 0) is 73.0 Å². The van der Waals surface area contributed by atoms with E-state index in [0.717, 1.165) is 22.4 Å². The highest BCUT2D eigenvalue weighted by atomic mass is 19.1. The molecule has 4 rings (SSSR count). The molecule has 0 N–H and O–H groups in total. The lowest BCUT2D eigenvalue weighted by molar-refractivity contribution is 0.628. The Morgan fingerprint density at radius 1 is 0.893 bits per heavy atom. The van der Waals surface area contributed by atoms with Gasteiger partial charge < -0.3 is 0 Å². The van der Waals surface area contributed by atoms with Gasteiger partial charge in [0.15, 0.2) is 0 Å². The molecule has 0 amide bonds. The van der Waals surface area contributed by atoms with E-state index in [1.54, 1.807) is 28.8 Å². The Bertz CT molecular complexity index is 1250. The third-order valence-corrected chi connectivity index (χ3v) is 4.85. The summed E-state index contributed by atoms with van der Waals surface area (Å²) < 4.78 is 14.8. The van der Waals surface area contributed by atoms with Crippen LogP contribution in [-0.2, 0) is 0 Å². The summed E-state index contributed by atoms with van der Waals surface area (Å²) in [6, 6.07) is 19.4. The number of aryl methyl sites for hydroxylation is 2. The summed E-state index contributed by atoms with van der Waals surface area (Å²) in [4.78, 5) is 17.9. The van der Waals surface area contributed by atoms with Gasteiger partial charge in [0, 0.05) is 0 Å². The van der Waals surface area contributed by atoms with E-state index in [9.17, 15) is 9.18 Å². The lowest BCUT2D eigenvalue weighted by atomic mass is 10.1. The van der Waals surface area contributed by atoms with E-state index in [1.807, 2.05) is 56.3 Å². The topological polar surface area (TPSA) is 34.9 Å². The number of halogens is 1. The Labute approximate surface area is 162 Å². The van der Waals surface area contributed by atoms with Crippen molar-refractivity contribution in [2.24, 2.45) is 0 Å². The number of hydrogen-bond acceptors (Lipinski definition) is 2. The normalized spacial score (nSPS) is 11.4. The van der Waals surface area contributed by atoms with E-state index < -0.39 is 0 Å². The Hall–Kier alpha value is -3.53. The van der Waals surface area contributed by atoms with Crippen LogP contribution in [0, 0.1) is 19.7 Å². The number of rotatable bonds is 3. The molecule has 28 heavy (non-hydrogen) atoms. The van der Waals surface area contributed by atoms with Gasteiger partial charge >= 0.3 is 0 Å². The van der Waals surface area contributed by atoms with Gasteiger partial charge in [-0.15, -0.1) is 0 Å². The van der Waals surface area contributed by atoms with Crippen molar-refractivity contribution in [3.63, 3.8) is 0 Å². The molecule has 0 saturated heterocycles. The van der Waals surface area contributed by atoms with Gasteiger partial charge in [-0.2, -0.15) is 0 Å². The molecule has 0 radical (unpaired) electrons. The molecule has 3 nitrogen and oxygen atoms in total. The fraction of sp³-hybridized carbons (Fsp3) is 0.0833. The zero-order valence-corrected chi connectivity index (χ0v) is 15.7. The SMILES string of the molecule is Cc1ccc(-n2c(/C=C/c3ccc(F)cc3)nc3ccccc3c2=O)cc1C. The van der Waals surface area contributed by atoms with E-state index in [-0.39, 0.29) is 11.4 Å². The molecule has 0 bridgehead atoms. The summed E-state index contributed by atoms with van der Waals surface area (Å²) in [5, 5.41) is 0.569. The van der Waals surface area contributed by atoms with Crippen molar-refractivity contribution in [3.8, 4) is 5.69 Å². The molecular formula is C24H19FN2O. The lowest BCUT2D eigenvalue weighted by Gasteiger charge is -2.13. The van der Waals surface area contributed by atoms with E-state index in [0.29, 0.717) is 16.7 Å². The zero-order chi connectivity index (χ0) is 19.7. The number of aromatic nitrogens is 2. The quantitative estimate of drug-likeness (QED) is 0.490. The van der Waals surface area contributed by atoms with E-state index in [2.05, 4.69) is 0 Å². The van der Waals surface area contributed by atoms with Crippen molar-refractivity contribution in [1.29, 1.82) is 0 Å². The van der Waals surface area contributed by atoms with Crippen molar-refractivity contribution in [3.05, 3.63) is 105 Å². The first-order valence-electron chi connectivity index (χ1n) is 9.06. The van der Waals surface area contributed by atoms with E-state index in [1.165, 1.54) is 12.1 Å². The molecule has 1 heterocycles. The number of fused-ring (bicyclic) bond motifs is 1. The highest BCUT2D eigenvalue weighted by molar-refractivity contribution is 5.80. The molecular weight excluding hydrogens is 351 g/mol. The van der Waals surface area contributed by atoms with Crippen molar-refractivity contribution in [2.75, 3.05) is 0 Å². The molecule has 0 unspecified atom stereocenters. The summed E-state index contributed by atoms with van der Waals surface area (Å²) in [6.45, 7) is 4.06. The first-order valence-corrected chi connectivity index (χ1v) is 9.06. The fourth-order valence-corrected chi connectivity index (χ4v) is 3.12. The molecule has 0 aliphatic rings. The van der Waals surface area contributed by atoms with Crippen LogP contribution in [0.2, 0.25) is 0 Å². The molecule has 3 aromatic carbocycles. The maximum atomic E-state index is 13.2. The fourth-order valence-electron chi connectivity index (χ4n) is 3.12. The molecule has 4 aromatic rings. The predicted molar refractivity (Wildman–Crippen MR) is 112 cm³/mol. The second-order valence-electron chi connectivity index (χ2n) is 6.78. The van der Waals surface area contributed by atoms with E-state index >= 15 is 0 Å². The first-order chi connectivity index (χ1) is 13.5. The molecule has 1 aromatic heterocycles. The van der Waals surface area contributed by atoms with Gasteiger partial charge in [0.1, 0.15) is 11.6 Å². The smallest absolute Gasteiger partial charge is 0.266 e. The molecule has 0 spiro atoms. The Kier molecular flexibility index (Phi) is 4.62. The summed E-state index contributed by atoms with van der Waals surface area (Å²) in [7, 11) is 0. The minimum atomic E-state index is -0.284. The third-order valence-electron chi connectivity index (χ3n) is 4.85. The average molecular weight is 370 g/mol. The molecule has 0 aliphatic carbocycles. The number of hydrogen-bond donors (Lipinski definition) is 0. The summed E-state index contributed by atoms with van der Waals surface area (Å²) in [6.07, 6.45) is 3.61. The Morgan fingerprint density at radius 2 is 1.64 bits per heavy atom. The van der Waals surface area contributed by atoms with Crippen LogP contribution in [0.3, 0.4) is 0 Å². The Morgan fingerprint density at radius 3 is 2.39 bits per heavy atom. The van der Waals surface area contributed by atoms with Gasteiger partial charge in [0.2, 0.25) is 0 Å². The third kappa shape index (κ3) is 3.37. The lowest BCUT2D eigenvalue weighted by Crippen LogP contribution is -2.22. The standard InChI is InChI=1S/C24H19FN2O/c1-16-7-13-20(15-17(16)2)27-23(14-10-18-8-11-19(25)12-9-18)26-22-6-4-3-5-21(22)24(27)28/h3-15H,1-2H3/b14-10+. The highest BCUT2D eigenvalue weighted by Gasteiger charge is 2.11. The van der Waals surface area contributed by atoms with E-state index in [4.69, 9.17) is 4.98 Å². The molecule has 0 fully saturated rings. The first kappa shape index (κ1) is 17.9. The van der Waals surface area contributed by atoms with Crippen molar-refractivity contribution < 1.29 is 4.39 Å². The van der Waals surface area contributed by atoms with Crippen LogP contribution in [0.1, 0.15) is 22.5 Å². The summed E-state index contributed by atoms with van der Waals surface area (Å²) >= 11 is 0. The number of nitrogens with zero attached hydrogens (tertiary/aromatic N) is 2. The Balaban J connectivity index is 1.94. The van der Waals surface area contributed by atoms with Crippen molar-refractivity contribution in [2.45, 2.75) is 13.8 Å². The molecule has 138 valence electrons. The van der Waals surface area contributed by atoms with Crippen LogP contribution in [-0.4, -0.2) is 9.55 Å². The van der Waals surface area contributed by atoms with Crippen molar-refractivity contribution >= 4 is 23.1 Å². The molecule has 0 atom stereocenters. The highest BCUT2D eigenvalue weighted by Crippen LogP contribution is 2.18. The second-order valence-corrected chi connectivity index (χ2v) is 6.78. The van der Waals surface area contributed by atoms with Crippen molar-refractivity contribution in [1.82, 2.24) is 9.55 Å². The van der Waals surface area contributed by atoms with Gasteiger partial charge in [-0.3, -0.25) is 9.36 Å². The number of para-hydroxylation sites is 1. The minimum absolute atomic E-state index is 0.118. The molecule has 4 heteroatoms. The van der Waals surface area contributed by atoms with Crippen LogP contribution in [0.4, 0.5) is 4.39 Å². The van der Waals surface area contributed by atoms with Crippen LogP contribution in [0.15, 0.2) is 71.5 Å². The summed E-state index contributed by atoms with van der Waals surface area (Å²) in [5.74, 6) is 0.240. The zero-order valence-electron chi connectivity index (χ0n) is 15.7. The summed E-state index contributed by atoms with van der Waals surface area (Å²) in [5.41, 5.74) is 4.39. The van der Waals surface area contributed by atoms with Crippen LogP contribution in [0.5, 0.6) is 0 Å². The van der Waals surface area contributed by atoms with Gasteiger partial charge in [-0.25, -0.2) is 9.37 Å². The maximum absolute atomic E-state index is 13.2. The van der Waals surface area contributed by atoms with Crippen LogP contribution >= 0.6 is 0 Å². The van der Waals surface area contributed by atoms with Gasteiger partial charge in [0.25, 0.3) is 5.56 Å². The van der Waals surface area contributed by atoms with Gasteiger partial charge in [0.05, 0.1) is 16.6 Å². The largest absolute Gasteiger partial charge is 0.268 e.